The summed E-state index contributed by atoms with van der Waals surface area (Å²) in [6.45, 7) is 2.05. The minimum atomic E-state index is -0.474. The number of hydrogen-bond donors (Lipinski definition) is 0. The van der Waals surface area contributed by atoms with Gasteiger partial charge in [-0.15, -0.1) is 0 Å². The fraction of sp³-hybridized carbons (Fsp3) is 0.227. The van der Waals surface area contributed by atoms with Crippen LogP contribution in [0.3, 0.4) is 0 Å². The zero-order valence-electron chi connectivity index (χ0n) is 15.8. The van der Waals surface area contributed by atoms with E-state index >= 15 is 0 Å². The van der Waals surface area contributed by atoms with E-state index in [1.807, 2.05) is 24.3 Å². The fourth-order valence-electron chi connectivity index (χ4n) is 3.28. The first kappa shape index (κ1) is 19.5. The molecule has 4 rings (SSSR count). The SMILES string of the molecule is Cc1cc(=O)c(C(=O)N(Cc2cccc(Br)c2)C2CC2)nn1-c1ccccc1F. The maximum absolute atomic E-state index is 14.3. The molecule has 1 fully saturated rings. The number of benzene rings is 2. The highest BCUT2D eigenvalue weighted by molar-refractivity contribution is 9.10. The van der Waals surface area contributed by atoms with Crippen molar-refractivity contribution in [1.82, 2.24) is 14.7 Å². The normalized spacial score (nSPS) is 13.3. The van der Waals surface area contributed by atoms with Crippen molar-refractivity contribution in [3.05, 3.63) is 92.1 Å². The van der Waals surface area contributed by atoms with Crippen LogP contribution in [0, 0.1) is 12.7 Å². The van der Waals surface area contributed by atoms with Crippen LogP contribution in [0.15, 0.2) is 63.9 Å². The molecule has 0 atom stereocenters. The molecule has 7 heteroatoms. The number of carbonyl (C=O) groups is 1. The van der Waals surface area contributed by atoms with Gasteiger partial charge < -0.3 is 4.90 Å². The molecule has 1 heterocycles. The van der Waals surface area contributed by atoms with Crippen molar-refractivity contribution in [2.45, 2.75) is 32.4 Å². The first-order valence-corrected chi connectivity index (χ1v) is 10.1. The second-order valence-electron chi connectivity index (χ2n) is 7.16. The molecule has 1 aliphatic carbocycles. The van der Waals surface area contributed by atoms with Crippen LogP contribution < -0.4 is 5.43 Å². The average Bonchev–Trinajstić information content (AvgIpc) is 3.52. The Hall–Kier alpha value is -2.80. The van der Waals surface area contributed by atoms with Crippen molar-refractivity contribution >= 4 is 21.8 Å². The van der Waals surface area contributed by atoms with Crippen LogP contribution in [-0.4, -0.2) is 26.6 Å². The highest BCUT2D eigenvalue weighted by Gasteiger charge is 2.35. The monoisotopic (exact) mass is 455 g/mol. The van der Waals surface area contributed by atoms with Crippen molar-refractivity contribution in [2.75, 3.05) is 0 Å². The van der Waals surface area contributed by atoms with Crippen LogP contribution in [0.5, 0.6) is 0 Å². The van der Waals surface area contributed by atoms with Gasteiger partial charge in [-0.1, -0.05) is 40.2 Å². The summed E-state index contributed by atoms with van der Waals surface area (Å²) in [5.74, 6) is -0.902. The standard InChI is InChI=1S/C22H19BrFN3O2/c1-14-11-20(28)21(25-27(14)19-8-3-2-7-18(19)24)22(29)26(17-9-10-17)13-15-5-4-6-16(23)12-15/h2-8,11-12,17H,9-10,13H2,1H3. The summed E-state index contributed by atoms with van der Waals surface area (Å²) >= 11 is 3.44. The number of aryl methyl sites for hydroxylation is 1. The van der Waals surface area contributed by atoms with Gasteiger partial charge in [-0.25, -0.2) is 9.07 Å². The average molecular weight is 456 g/mol. The third-order valence-electron chi connectivity index (χ3n) is 4.88. The van der Waals surface area contributed by atoms with Crippen LogP contribution in [0.4, 0.5) is 4.39 Å². The van der Waals surface area contributed by atoms with Gasteiger partial charge in [-0.3, -0.25) is 9.59 Å². The van der Waals surface area contributed by atoms with Crippen LogP contribution >= 0.6 is 15.9 Å². The third kappa shape index (κ3) is 4.15. The predicted octanol–water partition coefficient (Wildman–Crippen LogP) is 4.25. The second kappa shape index (κ2) is 7.91. The van der Waals surface area contributed by atoms with E-state index in [0.717, 1.165) is 22.9 Å². The number of hydrogen-bond acceptors (Lipinski definition) is 3. The van der Waals surface area contributed by atoms with Gasteiger partial charge in [0.25, 0.3) is 5.91 Å². The Morgan fingerprint density at radius 2 is 1.97 bits per heavy atom. The van der Waals surface area contributed by atoms with Crippen molar-refractivity contribution in [1.29, 1.82) is 0 Å². The first-order chi connectivity index (χ1) is 13.9. The summed E-state index contributed by atoms with van der Waals surface area (Å²) in [6.07, 6.45) is 1.79. The predicted molar refractivity (Wildman–Crippen MR) is 112 cm³/mol. The molecule has 1 saturated carbocycles. The van der Waals surface area contributed by atoms with E-state index in [1.165, 1.54) is 16.8 Å². The number of nitrogens with zero attached hydrogens (tertiary/aromatic N) is 3. The highest BCUT2D eigenvalue weighted by Crippen LogP contribution is 2.30. The van der Waals surface area contributed by atoms with E-state index in [2.05, 4.69) is 21.0 Å². The van der Waals surface area contributed by atoms with Gasteiger partial charge in [-0.2, -0.15) is 5.10 Å². The van der Waals surface area contributed by atoms with Crippen molar-refractivity contribution < 1.29 is 9.18 Å². The van der Waals surface area contributed by atoms with Gasteiger partial charge in [0, 0.05) is 28.8 Å². The summed E-state index contributed by atoms with van der Waals surface area (Å²) in [7, 11) is 0. The number of aromatic nitrogens is 2. The molecule has 0 spiro atoms. The Labute approximate surface area is 175 Å². The topological polar surface area (TPSA) is 55.2 Å². The molecular formula is C22H19BrFN3O2. The van der Waals surface area contributed by atoms with Gasteiger partial charge in [-0.05, 0) is 49.6 Å². The maximum Gasteiger partial charge on any atom is 0.278 e. The molecule has 2 aromatic carbocycles. The van der Waals surface area contributed by atoms with Crippen LogP contribution in [0.1, 0.15) is 34.6 Å². The molecule has 1 amide bonds. The van der Waals surface area contributed by atoms with Gasteiger partial charge in [0.1, 0.15) is 11.5 Å². The lowest BCUT2D eigenvalue weighted by atomic mass is 10.2. The van der Waals surface area contributed by atoms with Crippen molar-refractivity contribution in [3.63, 3.8) is 0 Å². The Bertz CT molecular complexity index is 1140. The van der Waals surface area contributed by atoms with E-state index in [4.69, 9.17) is 0 Å². The first-order valence-electron chi connectivity index (χ1n) is 9.35. The Morgan fingerprint density at radius 3 is 2.66 bits per heavy atom. The van der Waals surface area contributed by atoms with Gasteiger partial charge in [0.15, 0.2) is 5.69 Å². The summed E-state index contributed by atoms with van der Waals surface area (Å²) in [4.78, 5) is 27.5. The summed E-state index contributed by atoms with van der Waals surface area (Å²) in [5.41, 5.74) is 0.965. The molecule has 1 aromatic heterocycles. The van der Waals surface area contributed by atoms with Crippen LogP contribution in [0.2, 0.25) is 0 Å². The van der Waals surface area contributed by atoms with Crippen molar-refractivity contribution in [3.8, 4) is 5.69 Å². The van der Waals surface area contributed by atoms with E-state index in [0.29, 0.717) is 12.2 Å². The molecule has 1 aliphatic rings. The molecule has 5 nitrogen and oxygen atoms in total. The lowest BCUT2D eigenvalue weighted by Gasteiger charge is -2.22. The van der Waals surface area contributed by atoms with E-state index in [9.17, 15) is 14.0 Å². The maximum atomic E-state index is 14.3. The quantitative estimate of drug-likeness (QED) is 0.577. The number of carbonyl (C=O) groups excluding carboxylic acids is 1. The smallest absolute Gasteiger partial charge is 0.278 e. The lowest BCUT2D eigenvalue weighted by molar-refractivity contribution is 0.0720. The largest absolute Gasteiger partial charge is 0.330 e. The molecule has 0 bridgehead atoms. The number of para-hydroxylation sites is 1. The Balaban J connectivity index is 1.72. The van der Waals surface area contributed by atoms with Gasteiger partial charge in [0.05, 0.1) is 0 Å². The van der Waals surface area contributed by atoms with Crippen LogP contribution in [-0.2, 0) is 6.54 Å². The molecule has 0 aliphatic heterocycles. The summed E-state index contributed by atoms with van der Waals surface area (Å²) < 4.78 is 16.5. The minimum Gasteiger partial charge on any atom is -0.330 e. The molecule has 3 aromatic rings. The lowest BCUT2D eigenvalue weighted by Crippen LogP contribution is -2.37. The zero-order valence-corrected chi connectivity index (χ0v) is 17.4. The van der Waals surface area contributed by atoms with Crippen LogP contribution in [0.25, 0.3) is 5.69 Å². The third-order valence-corrected chi connectivity index (χ3v) is 5.37. The number of halogens is 2. The van der Waals surface area contributed by atoms with Gasteiger partial charge >= 0.3 is 0 Å². The Morgan fingerprint density at radius 1 is 1.21 bits per heavy atom. The van der Waals surface area contributed by atoms with Crippen molar-refractivity contribution in [2.24, 2.45) is 0 Å². The molecule has 0 unspecified atom stereocenters. The number of rotatable bonds is 5. The molecule has 0 radical (unpaired) electrons. The summed E-state index contributed by atoms with van der Waals surface area (Å²) in [6, 6.07) is 15.3. The molecule has 148 valence electrons. The summed E-state index contributed by atoms with van der Waals surface area (Å²) in [5, 5.41) is 4.26. The number of amides is 1. The second-order valence-corrected chi connectivity index (χ2v) is 8.07. The fourth-order valence-corrected chi connectivity index (χ4v) is 3.73. The van der Waals surface area contributed by atoms with E-state index in [-0.39, 0.29) is 17.4 Å². The molecule has 0 saturated heterocycles. The minimum absolute atomic E-state index is 0.0888. The zero-order chi connectivity index (χ0) is 20.5. The molecule has 29 heavy (non-hydrogen) atoms. The Kier molecular flexibility index (Phi) is 5.32. The molecule has 0 N–H and O–H groups in total. The highest BCUT2D eigenvalue weighted by atomic mass is 79.9. The van der Waals surface area contributed by atoms with E-state index in [1.54, 1.807) is 30.0 Å². The van der Waals surface area contributed by atoms with E-state index < -0.39 is 17.2 Å². The van der Waals surface area contributed by atoms with Gasteiger partial charge in [0.2, 0.25) is 5.43 Å². The molecular weight excluding hydrogens is 437 g/mol.